The fourth-order valence-electron chi connectivity index (χ4n) is 4.05. The molecule has 0 spiro atoms. The van der Waals surface area contributed by atoms with E-state index < -0.39 is 0 Å². The molecule has 6 heteroatoms. The fraction of sp³-hybridized carbons (Fsp3) is 0.231. The van der Waals surface area contributed by atoms with Crippen LogP contribution in [0, 0.1) is 5.92 Å². The van der Waals surface area contributed by atoms with Gasteiger partial charge < -0.3 is 9.80 Å². The van der Waals surface area contributed by atoms with Crippen molar-refractivity contribution in [1.29, 1.82) is 0 Å². The largest absolute Gasteiger partial charge is 0.337 e. The van der Waals surface area contributed by atoms with Crippen LogP contribution in [0.2, 0.25) is 0 Å². The topological polar surface area (TPSA) is 66.4 Å². The lowest BCUT2D eigenvalue weighted by Gasteiger charge is -2.23. The Morgan fingerprint density at radius 1 is 1.00 bits per heavy atom. The van der Waals surface area contributed by atoms with E-state index in [1.54, 1.807) is 46.6 Å². The predicted octanol–water partition coefficient (Wildman–Crippen LogP) is 3.47. The van der Waals surface area contributed by atoms with Gasteiger partial charge in [0.2, 0.25) is 5.91 Å². The molecule has 0 N–H and O–H groups in total. The van der Waals surface area contributed by atoms with Gasteiger partial charge in [-0.25, -0.2) is 0 Å². The summed E-state index contributed by atoms with van der Waals surface area (Å²) < 4.78 is 0. The highest BCUT2D eigenvalue weighted by Gasteiger charge is 2.32. The van der Waals surface area contributed by atoms with Crippen LogP contribution >= 0.6 is 0 Å². The molecule has 1 aromatic carbocycles. The first-order valence-electron chi connectivity index (χ1n) is 10.7. The molecule has 1 aliphatic heterocycles. The molecule has 6 nitrogen and oxygen atoms in total. The fourth-order valence-corrected chi connectivity index (χ4v) is 4.05. The van der Waals surface area contributed by atoms with Crippen molar-refractivity contribution < 1.29 is 9.59 Å². The third kappa shape index (κ3) is 4.91. The van der Waals surface area contributed by atoms with Crippen molar-refractivity contribution in [2.75, 3.05) is 26.2 Å². The molecule has 1 aliphatic rings. The molecule has 1 atom stereocenters. The third-order valence-electron chi connectivity index (χ3n) is 5.74. The van der Waals surface area contributed by atoms with Gasteiger partial charge in [0, 0.05) is 56.5 Å². The molecule has 0 aliphatic carbocycles. The molecule has 3 aromatic rings. The van der Waals surface area contributed by atoms with Crippen molar-refractivity contribution in [3.8, 4) is 11.1 Å². The minimum Gasteiger partial charge on any atom is -0.337 e. The number of benzene rings is 1. The molecule has 0 saturated carbocycles. The summed E-state index contributed by atoms with van der Waals surface area (Å²) in [5, 5.41) is 0. The van der Waals surface area contributed by atoms with Crippen molar-refractivity contribution in [2.24, 2.45) is 5.92 Å². The van der Waals surface area contributed by atoms with Crippen LogP contribution < -0.4 is 0 Å². The van der Waals surface area contributed by atoms with Gasteiger partial charge in [-0.05, 0) is 41.3 Å². The number of carbonyl (C=O) groups is 2. The number of hydrogen-bond donors (Lipinski definition) is 0. The number of amides is 2. The van der Waals surface area contributed by atoms with Crippen LogP contribution in [0.15, 0.2) is 86.0 Å². The molecule has 2 amide bonds. The lowest BCUT2D eigenvalue weighted by molar-refractivity contribution is -0.134. The van der Waals surface area contributed by atoms with Gasteiger partial charge in [-0.2, -0.15) is 0 Å². The van der Waals surface area contributed by atoms with E-state index in [0.717, 1.165) is 16.7 Å². The standard InChI is InChI=1S/C26H26N4O2/c1-2-14-29-15-16-30(25(31)22-9-12-27-13-10-22)19-24(26(29)32)17-20-5-7-21(8-6-20)23-4-3-11-28-18-23/h2-13,18,24H,1,14-17,19H2/t24-/m1/s1. The van der Waals surface area contributed by atoms with Crippen LogP contribution in [-0.4, -0.2) is 57.8 Å². The maximum absolute atomic E-state index is 13.3. The molecule has 4 rings (SSSR count). The number of pyridine rings is 2. The smallest absolute Gasteiger partial charge is 0.254 e. The number of nitrogens with zero attached hydrogens (tertiary/aromatic N) is 4. The summed E-state index contributed by atoms with van der Waals surface area (Å²) in [6.07, 6.45) is 9.12. The van der Waals surface area contributed by atoms with Gasteiger partial charge in [0.15, 0.2) is 0 Å². The maximum atomic E-state index is 13.3. The molecule has 162 valence electrons. The first-order chi connectivity index (χ1) is 15.7. The Morgan fingerprint density at radius 2 is 1.78 bits per heavy atom. The zero-order valence-electron chi connectivity index (χ0n) is 17.9. The van der Waals surface area contributed by atoms with Crippen LogP contribution in [0.3, 0.4) is 0 Å². The Hall–Kier alpha value is -3.80. The van der Waals surface area contributed by atoms with Gasteiger partial charge in [-0.15, -0.1) is 6.58 Å². The molecular weight excluding hydrogens is 400 g/mol. The second-order valence-corrected chi connectivity index (χ2v) is 7.90. The van der Waals surface area contributed by atoms with Crippen molar-refractivity contribution in [3.63, 3.8) is 0 Å². The molecular formula is C26H26N4O2. The zero-order valence-corrected chi connectivity index (χ0v) is 17.9. The Morgan fingerprint density at radius 3 is 2.47 bits per heavy atom. The normalized spacial score (nSPS) is 16.5. The van der Waals surface area contributed by atoms with E-state index in [2.05, 4.69) is 28.7 Å². The van der Waals surface area contributed by atoms with E-state index in [9.17, 15) is 9.59 Å². The first-order valence-corrected chi connectivity index (χ1v) is 10.7. The van der Waals surface area contributed by atoms with Crippen molar-refractivity contribution in [2.45, 2.75) is 6.42 Å². The highest BCUT2D eigenvalue weighted by atomic mass is 16.2. The minimum absolute atomic E-state index is 0.0614. The second-order valence-electron chi connectivity index (χ2n) is 7.90. The Balaban J connectivity index is 1.54. The summed E-state index contributed by atoms with van der Waals surface area (Å²) in [5.74, 6) is -0.323. The molecule has 0 bridgehead atoms. The highest BCUT2D eigenvalue weighted by molar-refractivity contribution is 5.94. The summed E-state index contributed by atoms with van der Waals surface area (Å²) in [6, 6.07) is 15.6. The molecule has 0 unspecified atom stereocenters. The Bertz CT molecular complexity index is 1070. The van der Waals surface area contributed by atoms with Crippen molar-refractivity contribution in [3.05, 3.63) is 97.1 Å². The number of aromatic nitrogens is 2. The van der Waals surface area contributed by atoms with E-state index in [4.69, 9.17) is 0 Å². The average molecular weight is 427 g/mol. The highest BCUT2D eigenvalue weighted by Crippen LogP contribution is 2.22. The molecule has 32 heavy (non-hydrogen) atoms. The van der Waals surface area contributed by atoms with Crippen LogP contribution in [0.5, 0.6) is 0 Å². The zero-order chi connectivity index (χ0) is 22.3. The van der Waals surface area contributed by atoms with E-state index in [1.165, 1.54) is 0 Å². The van der Waals surface area contributed by atoms with Crippen LogP contribution in [0.4, 0.5) is 0 Å². The maximum Gasteiger partial charge on any atom is 0.254 e. The molecule has 3 heterocycles. The van der Waals surface area contributed by atoms with Crippen molar-refractivity contribution in [1.82, 2.24) is 19.8 Å². The second kappa shape index (κ2) is 10.0. The summed E-state index contributed by atoms with van der Waals surface area (Å²) in [7, 11) is 0. The van der Waals surface area contributed by atoms with Crippen LogP contribution in [0.1, 0.15) is 15.9 Å². The summed E-state index contributed by atoms with van der Waals surface area (Å²) in [4.78, 5) is 38.1. The molecule has 1 fully saturated rings. The summed E-state index contributed by atoms with van der Waals surface area (Å²) in [6.45, 7) is 5.64. The minimum atomic E-state index is -0.313. The first kappa shape index (κ1) is 21.4. The van der Waals surface area contributed by atoms with Gasteiger partial charge in [-0.1, -0.05) is 36.4 Å². The van der Waals surface area contributed by atoms with E-state index in [0.29, 0.717) is 38.2 Å². The third-order valence-corrected chi connectivity index (χ3v) is 5.74. The van der Waals surface area contributed by atoms with Crippen LogP contribution in [0.25, 0.3) is 11.1 Å². The Labute approximate surface area is 188 Å². The number of rotatable bonds is 6. The van der Waals surface area contributed by atoms with Gasteiger partial charge in [-0.3, -0.25) is 19.6 Å². The van der Waals surface area contributed by atoms with Gasteiger partial charge >= 0.3 is 0 Å². The monoisotopic (exact) mass is 426 g/mol. The quantitative estimate of drug-likeness (QED) is 0.566. The summed E-state index contributed by atoms with van der Waals surface area (Å²) in [5.41, 5.74) is 3.78. The molecule has 1 saturated heterocycles. The molecule has 0 radical (unpaired) electrons. The summed E-state index contributed by atoms with van der Waals surface area (Å²) >= 11 is 0. The van der Waals surface area contributed by atoms with E-state index in [-0.39, 0.29) is 17.7 Å². The van der Waals surface area contributed by atoms with Crippen molar-refractivity contribution >= 4 is 11.8 Å². The molecule has 2 aromatic heterocycles. The van der Waals surface area contributed by atoms with Gasteiger partial charge in [0.1, 0.15) is 0 Å². The average Bonchev–Trinajstić information content (AvgIpc) is 3.00. The Kier molecular flexibility index (Phi) is 6.70. The lowest BCUT2D eigenvalue weighted by atomic mass is 9.95. The number of carbonyl (C=O) groups excluding carboxylic acids is 2. The van der Waals surface area contributed by atoms with E-state index >= 15 is 0 Å². The predicted molar refractivity (Wildman–Crippen MR) is 124 cm³/mol. The lowest BCUT2D eigenvalue weighted by Crippen LogP contribution is -2.38. The number of hydrogen-bond acceptors (Lipinski definition) is 4. The van der Waals surface area contributed by atoms with Crippen LogP contribution in [-0.2, 0) is 11.2 Å². The van der Waals surface area contributed by atoms with E-state index in [1.807, 2.05) is 30.5 Å². The van der Waals surface area contributed by atoms with Gasteiger partial charge in [0.25, 0.3) is 5.91 Å². The van der Waals surface area contributed by atoms with Gasteiger partial charge in [0.05, 0.1) is 5.92 Å². The SMILES string of the molecule is C=CCN1CCN(C(=O)c2ccncc2)C[C@@H](Cc2ccc(-c3cccnc3)cc2)C1=O.